The van der Waals surface area contributed by atoms with Gasteiger partial charge in [-0.1, -0.05) is 6.42 Å². The van der Waals surface area contributed by atoms with Gasteiger partial charge in [0.15, 0.2) is 0 Å². The summed E-state index contributed by atoms with van der Waals surface area (Å²) in [5.74, 6) is 0. The standard InChI is InChI=1S/C14H26N4/c1-11(2)18-10-16-9-14(18)13(8-15)17-7-5-4-6-12(17)3/h9-13H,4-8,15H2,1-3H3. The zero-order valence-electron chi connectivity index (χ0n) is 11.8. The number of likely N-dealkylation sites (tertiary alicyclic amines) is 1. The van der Waals surface area contributed by atoms with Crippen LogP contribution in [0.2, 0.25) is 0 Å². The van der Waals surface area contributed by atoms with E-state index in [-0.39, 0.29) is 0 Å². The molecule has 0 aromatic carbocycles. The molecule has 0 aliphatic carbocycles. The highest BCUT2D eigenvalue weighted by Gasteiger charge is 2.28. The van der Waals surface area contributed by atoms with Crippen LogP contribution in [0, 0.1) is 0 Å². The van der Waals surface area contributed by atoms with Gasteiger partial charge in [-0.15, -0.1) is 0 Å². The number of imidazole rings is 1. The third-order valence-electron chi connectivity index (χ3n) is 4.07. The predicted molar refractivity (Wildman–Crippen MR) is 74.4 cm³/mol. The van der Waals surface area contributed by atoms with Gasteiger partial charge in [0.1, 0.15) is 0 Å². The summed E-state index contributed by atoms with van der Waals surface area (Å²) in [6.07, 6.45) is 7.83. The van der Waals surface area contributed by atoms with E-state index in [0.29, 0.717) is 24.7 Å². The maximum absolute atomic E-state index is 6.04. The molecule has 1 fully saturated rings. The van der Waals surface area contributed by atoms with Crippen LogP contribution in [0.25, 0.3) is 0 Å². The molecule has 4 heteroatoms. The first-order valence-electron chi connectivity index (χ1n) is 7.12. The number of rotatable bonds is 4. The molecule has 1 aliphatic rings. The third kappa shape index (κ3) is 2.59. The molecular weight excluding hydrogens is 224 g/mol. The number of nitrogens with two attached hydrogens (primary N) is 1. The third-order valence-corrected chi connectivity index (χ3v) is 4.07. The topological polar surface area (TPSA) is 47.1 Å². The van der Waals surface area contributed by atoms with Crippen LogP contribution in [-0.2, 0) is 0 Å². The lowest BCUT2D eigenvalue weighted by Crippen LogP contribution is -2.43. The summed E-state index contributed by atoms with van der Waals surface area (Å²) in [6.45, 7) is 8.53. The lowest BCUT2D eigenvalue weighted by molar-refractivity contribution is 0.104. The molecule has 0 spiro atoms. The van der Waals surface area contributed by atoms with Gasteiger partial charge in [0, 0.05) is 24.8 Å². The van der Waals surface area contributed by atoms with Crippen LogP contribution in [0.1, 0.15) is 57.8 Å². The van der Waals surface area contributed by atoms with E-state index in [1.165, 1.54) is 25.0 Å². The smallest absolute Gasteiger partial charge is 0.0951 e. The Hall–Kier alpha value is -0.870. The molecule has 2 atom stereocenters. The Morgan fingerprint density at radius 3 is 2.83 bits per heavy atom. The molecule has 1 saturated heterocycles. The maximum Gasteiger partial charge on any atom is 0.0951 e. The van der Waals surface area contributed by atoms with Gasteiger partial charge in [-0.05, 0) is 40.2 Å². The van der Waals surface area contributed by atoms with Crippen molar-refractivity contribution in [3.05, 3.63) is 18.2 Å². The van der Waals surface area contributed by atoms with Gasteiger partial charge in [-0.3, -0.25) is 4.90 Å². The van der Waals surface area contributed by atoms with E-state index in [4.69, 9.17) is 5.73 Å². The lowest BCUT2D eigenvalue weighted by atomic mass is 9.99. The summed E-state index contributed by atoms with van der Waals surface area (Å²) in [4.78, 5) is 6.87. The molecule has 1 aromatic rings. The summed E-state index contributed by atoms with van der Waals surface area (Å²) in [7, 11) is 0. The van der Waals surface area contributed by atoms with Gasteiger partial charge in [0.2, 0.25) is 0 Å². The van der Waals surface area contributed by atoms with E-state index in [1.807, 2.05) is 12.5 Å². The molecule has 1 aliphatic heterocycles. The summed E-state index contributed by atoms with van der Waals surface area (Å²) >= 11 is 0. The first kappa shape index (κ1) is 13.6. The predicted octanol–water partition coefficient (Wildman–Crippen LogP) is 2.34. The molecule has 102 valence electrons. The Labute approximate surface area is 110 Å². The van der Waals surface area contributed by atoms with Gasteiger partial charge in [0.05, 0.1) is 18.1 Å². The Bertz CT molecular complexity index is 372. The van der Waals surface area contributed by atoms with Crippen LogP contribution >= 0.6 is 0 Å². The van der Waals surface area contributed by atoms with Gasteiger partial charge in [0.25, 0.3) is 0 Å². The second-order valence-electron chi connectivity index (χ2n) is 5.65. The SMILES string of the molecule is CC1CCCCN1C(CN)c1cncn1C(C)C. The molecule has 2 rings (SSSR count). The molecule has 0 amide bonds. The van der Waals surface area contributed by atoms with Crippen LogP contribution in [-0.4, -0.2) is 33.6 Å². The first-order chi connectivity index (χ1) is 8.65. The molecule has 2 unspecified atom stereocenters. The van der Waals surface area contributed by atoms with Crippen molar-refractivity contribution in [2.24, 2.45) is 5.73 Å². The largest absolute Gasteiger partial charge is 0.331 e. The van der Waals surface area contributed by atoms with Crippen molar-refractivity contribution >= 4 is 0 Å². The first-order valence-corrected chi connectivity index (χ1v) is 7.12. The fraction of sp³-hybridized carbons (Fsp3) is 0.786. The Balaban J connectivity index is 2.24. The summed E-state index contributed by atoms with van der Waals surface area (Å²) in [6, 6.07) is 1.38. The monoisotopic (exact) mass is 250 g/mol. The van der Waals surface area contributed by atoms with Crippen LogP contribution < -0.4 is 5.73 Å². The lowest BCUT2D eigenvalue weighted by Gasteiger charge is -2.39. The van der Waals surface area contributed by atoms with Gasteiger partial charge in [-0.25, -0.2) is 4.98 Å². The molecule has 2 heterocycles. The van der Waals surface area contributed by atoms with E-state index in [2.05, 4.69) is 35.2 Å². The summed E-state index contributed by atoms with van der Waals surface area (Å²) in [5, 5.41) is 0. The maximum atomic E-state index is 6.04. The minimum absolute atomic E-state index is 0.310. The van der Waals surface area contributed by atoms with Crippen molar-refractivity contribution < 1.29 is 0 Å². The second kappa shape index (κ2) is 5.85. The van der Waals surface area contributed by atoms with Crippen LogP contribution in [0.5, 0.6) is 0 Å². The van der Waals surface area contributed by atoms with Crippen molar-refractivity contribution in [1.82, 2.24) is 14.5 Å². The van der Waals surface area contributed by atoms with Gasteiger partial charge in [-0.2, -0.15) is 0 Å². The number of piperidine rings is 1. The minimum atomic E-state index is 0.310. The molecule has 0 radical (unpaired) electrons. The van der Waals surface area contributed by atoms with Crippen LogP contribution in [0.4, 0.5) is 0 Å². The zero-order chi connectivity index (χ0) is 13.1. The fourth-order valence-corrected chi connectivity index (χ4v) is 3.01. The highest BCUT2D eigenvalue weighted by molar-refractivity contribution is 5.08. The van der Waals surface area contributed by atoms with Crippen LogP contribution in [0.15, 0.2) is 12.5 Å². The average molecular weight is 250 g/mol. The number of hydrogen-bond donors (Lipinski definition) is 1. The van der Waals surface area contributed by atoms with Crippen LogP contribution in [0.3, 0.4) is 0 Å². The van der Waals surface area contributed by atoms with E-state index in [0.717, 1.165) is 6.54 Å². The zero-order valence-corrected chi connectivity index (χ0v) is 11.8. The molecule has 4 nitrogen and oxygen atoms in total. The van der Waals surface area contributed by atoms with E-state index in [1.54, 1.807) is 0 Å². The molecule has 0 bridgehead atoms. The van der Waals surface area contributed by atoms with Crippen molar-refractivity contribution in [2.45, 2.75) is 58.2 Å². The average Bonchev–Trinajstić information content (AvgIpc) is 2.82. The highest BCUT2D eigenvalue weighted by Crippen LogP contribution is 2.28. The second-order valence-corrected chi connectivity index (χ2v) is 5.65. The van der Waals surface area contributed by atoms with Gasteiger partial charge < -0.3 is 10.3 Å². The molecular formula is C14H26N4. The summed E-state index contributed by atoms with van der Waals surface area (Å²) in [5.41, 5.74) is 7.31. The number of nitrogens with zero attached hydrogens (tertiary/aromatic N) is 3. The minimum Gasteiger partial charge on any atom is -0.331 e. The highest BCUT2D eigenvalue weighted by atomic mass is 15.2. The molecule has 2 N–H and O–H groups in total. The van der Waals surface area contributed by atoms with Crippen molar-refractivity contribution in [3.8, 4) is 0 Å². The quantitative estimate of drug-likeness (QED) is 0.892. The Kier molecular flexibility index (Phi) is 4.40. The number of aromatic nitrogens is 2. The fourth-order valence-electron chi connectivity index (χ4n) is 3.01. The molecule has 1 aromatic heterocycles. The molecule has 0 saturated carbocycles. The van der Waals surface area contributed by atoms with E-state index >= 15 is 0 Å². The Morgan fingerprint density at radius 1 is 1.44 bits per heavy atom. The van der Waals surface area contributed by atoms with Gasteiger partial charge >= 0.3 is 0 Å². The van der Waals surface area contributed by atoms with Crippen molar-refractivity contribution in [1.29, 1.82) is 0 Å². The van der Waals surface area contributed by atoms with E-state index in [9.17, 15) is 0 Å². The summed E-state index contributed by atoms with van der Waals surface area (Å²) < 4.78 is 2.25. The van der Waals surface area contributed by atoms with Crippen molar-refractivity contribution in [2.75, 3.05) is 13.1 Å². The van der Waals surface area contributed by atoms with Crippen molar-refractivity contribution in [3.63, 3.8) is 0 Å². The van der Waals surface area contributed by atoms with E-state index < -0.39 is 0 Å². The molecule has 18 heavy (non-hydrogen) atoms. The number of hydrogen-bond acceptors (Lipinski definition) is 3. The Morgan fingerprint density at radius 2 is 2.22 bits per heavy atom. The normalized spacial score (nSPS) is 23.5.